The molecule has 1 fully saturated rings. The fourth-order valence-corrected chi connectivity index (χ4v) is 1.76. The highest BCUT2D eigenvalue weighted by Gasteiger charge is 2.42. The van der Waals surface area contributed by atoms with E-state index in [-0.39, 0.29) is 5.54 Å². The maximum atomic E-state index is 10.3. The fourth-order valence-electron chi connectivity index (χ4n) is 0.854. The summed E-state index contributed by atoms with van der Waals surface area (Å²) in [6, 6.07) is 0. The van der Waals surface area contributed by atoms with Crippen LogP contribution in [0.5, 0.6) is 0 Å². The van der Waals surface area contributed by atoms with Crippen molar-refractivity contribution in [2.45, 2.75) is 18.4 Å². The molecule has 1 rings (SSSR count). The number of nitrogens with one attached hydrogen (secondary N) is 1. The van der Waals surface area contributed by atoms with E-state index in [2.05, 4.69) is 5.32 Å². The van der Waals surface area contributed by atoms with Gasteiger partial charge in [0.15, 0.2) is 11.1 Å². The Balaban J connectivity index is 2.33. The van der Waals surface area contributed by atoms with E-state index < -0.39 is 11.1 Å². The second kappa shape index (κ2) is 2.36. The van der Waals surface area contributed by atoms with Crippen molar-refractivity contribution in [3.63, 3.8) is 0 Å². The van der Waals surface area contributed by atoms with Crippen LogP contribution >= 0.6 is 0 Å². The van der Waals surface area contributed by atoms with Crippen molar-refractivity contribution >= 4 is 11.1 Å². The van der Waals surface area contributed by atoms with Crippen molar-refractivity contribution in [3.05, 3.63) is 0 Å². The summed E-state index contributed by atoms with van der Waals surface area (Å²) < 4.78 is 18.8. The van der Waals surface area contributed by atoms with Gasteiger partial charge < -0.3 is 9.87 Å². The molecule has 1 aliphatic carbocycles. The molecule has 1 aliphatic rings. The molecule has 2 N–H and O–H groups in total. The van der Waals surface area contributed by atoms with E-state index in [0.29, 0.717) is 5.75 Å². The van der Waals surface area contributed by atoms with Crippen LogP contribution in [-0.4, -0.2) is 27.1 Å². The number of rotatable bonds is 3. The summed E-state index contributed by atoms with van der Waals surface area (Å²) >= 11 is -1.63. The highest BCUT2D eigenvalue weighted by atomic mass is 32.2. The van der Waals surface area contributed by atoms with E-state index >= 15 is 0 Å². The lowest BCUT2D eigenvalue weighted by Crippen LogP contribution is -2.32. The maximum Gasteiger partial charge on any atom is 0.154 e. The van der Waals surface area contributed by atoms with E-state index in [1.807, 2.05) is 7.05 Å². The van der Waals surface area contributed by atoms with E-state index in [4.69, 9.17) is 4.55 Å². The highest BCUT2D eigenvalue weighted by molar-refractivity contribution is 7.79. The minimum absolute atomic E-state index is 0.0135. The van der Waals surface area contributed by atoms with Gasteiger partial charge in [-0.15, -0.1) is 0 Å². The minimum Gasteiger partial charge on any atom is -0.313 e. The van der Waals surface area contributed by atoms with Gasteiger partial charge in [-0.1, -0.05) is 0 Å². The van der Waals surface area contributed by atoms with Crippen molar-refractivity contribution in [3.8, 4) is 0 Å². The van der Waals surface area contributed by atoms with Gasteiger partial charge in [-0.3, -0.25) is 0 Å². The lowest BCUT2D eigenvalue weighted by Gasteiger charge is -2.09. The van der Waals surface area contributed by atoms with Crippen molar-refractivity contribution < 1.29 is 8.76 Å². The summed E-state index contributed by atoms with van der Waals surface area (Å²) in [4.78, 5) is 0. The van der Waals surface area contributed by atoms with Crippen LogP contribution in [0.3, 0.4) is 0 Å². The first kappa shape index (κ1) is 7.18. The third kappa shape index (κ3) is 1.74. The quantitative estimate of drug-likeness (QED) is 0.554. The van der Waals surface area contributed by atoms with Crippen LogP contribution in [-0.2, 0) is 11.1 Å². The van der Waals surface area contributed by atoms with Gasteiger partial charge in [0.1, 0.15) is 0 Å². The topological polar surface area (TPSA) is 49.3 Å². The van der Waals surface area contributed by atoms with Gasteiger partial charge in [-0.2, -0.15) is 0 Å². The lowest BCUT2D eigenvalue weighted by atomic mass is 10.3. The Morgan fingerprint density at radius 1 is 1.78 bits per heavy atom. The van der Waals surface area contributed by atoms with Gasteiger partial charge in [-0.05, 0) is 19.9 Å². The second-order valence-electron chi connectivity index (χ2n) is 2.50. The molecule has 0 aromatic heterocycles. The van der Waals surface area contributed by atoms with Gasteiger partial charge in [0.2, 0.25) is 0 Å². The number of hydrogen-bond acceptors (Lipinski definition) is 2. The monoisotopic (exact) mass is 149 g/mol. The summed E-state index contributed by atoms with van der Waals surface area (Å²) in [5.41, 5.74) is 0.0135. The highest BCUT2D eigenvalue weighted by Crippen LogP contribution is 2.35. The molecule has 0 aliphatic heterocycles. The smallest absolute Gasteiger partial charge is 0.154 e. The lowest BCUT2D eigenvalue weighted by molar-refractivity contribution is 0.536. The van der Waals surface area contributed by atoms with E-state index in [1.165, 1.54) is 0 Å². The van der Waals surface area contributed by atoms with Gasteiger partial charge in [-0.25, -0.2) is 4.21 Å². The Labute approximate surface area is 57.1 Å². The van der Waals surface area contributed by atoms with Crippen LogP contribution in [0.1, 0.15) is 12.8 Å². The first-order valence-corrected chi connectivity index (χ1v) is 4.22. The summed E-state index contributed by atoms with van der Waals surface area (Å²) in [5, 5.41) is 3.03. The van der Waals surface area contributed by atoms with Crippen molar-refractivity contribution in [1.82, 2.24) is 5.32 Å². The first-order chi connectivity index (χ1) is 4.18. The molecule has 4 heteroatoms. The summed E-state index contributed by atoms with van der Waals surface area (Å²) in [7, 11) is 1.83. The first-order valence-electron chi connectivity index (χ1n) is 2.95. The molecule has 3 nitrogen and oxygen atoms in total. The molecule has 9 heavy (non-hydrogen) atoms. The van der Waals surface area contributed by atoms with Gasteiger partial charge in [0.25, 0.3) is 0 Å². The summed E-state index contributed by atoms with van der Waals surface area (Å²) in [5.74, 6) is 0.378. The van der Waals surface area contributed by atoms with Crippen LogP contribution in [0.2, 0.25) is 0 Å². The molecule has 1 unspecified atom stereocenters. The Morgan fingerprint density at radius 3 is 2.44 bits per heavy atom. The second-order valence-corrected chi connectivity index (χ2v) is 3.43. The van der Waals surface area contributed by atoms with Crippen LogP contribution in [0.25, 0.3) is 0 Å². The Morgan fingerprint density at radius 2 is 2.33 bits per heavy atom. The molecular weight excluding hydrogens is 138 g/mol. The SMILES string of the molecule is CNC1(CS(=O)O)CC1. The predicted octanol–water partition coefficient (Wildman–Crippen LogP) is -0.0399. The molecule has 0 amide bonds. The number of hydrogen-bond donors (Lipinski definition) is 2. The Bertz CT molecular complexity index is 133. The molecule has 0 radical (unpaired) electrons. The molecule has 1 atom stereocenters. The van der Waals surface area contributed by atoms with E-state index in [0.717, 1.165) is 12.8 Å². The zero-order valence-electron chi connectivity index (χ0n) is 5.39. The molecular formula is C5H11NO2S. The normalized spacial score (nSPS) is 25.6. The van der Waals surface area contributed by atoms with Crippen LogP contribution in [0, 0.1) is 0 Å². The zero-order chi connectivity index (χ0) is 6.91. The van der Waals surface area contributed by atoms with Crippen LogP contribution < -0.4 is 5.32 Å². The van der Waals surface area contributed by atoms with Crippen molar-refractivity contribution in [2.24, 2.45) is 0 Å². The molecule has 0 saturated heterocycles. The van der Waals surface area contributed by atoms with Crippen molar-refractivity contribution in [2.75, 3.05) is 12.8 Å². The van der Waals surface area contributed by atoms with Gasteiger partial charge in [0, 0.05) is 5.54 Å². The summed E-state index contributed by atoms with van der Waals surface area (Å²) in [6.45, 7) is 0. The van der Waals surface area contributed by atoms with Gasteiger partial charge >= 0.3 is 0 Å². The Hall–Kier alpha value is 0.0700. The van der Waals surface area contributed by atoms with E-state index in [9.17, 15) is 4.21 Å². The largest absolute Gasteiger partial charge is 0.313 e. The third-order valence-corrected chi connectivity index (χ3v) is 2.58. The molecule has 0 aromatic rings. The minimum atomic E-state index is -1.63. The molecule has 0 bridgehead atoms. The average molecular weight is 149 g/mol. The van der Waals surface area contributed by atoms with Crippen LogP contribution in [0.15, 0.2) is 0 Å². The van der Waals surface area contributed by atoms with Crippen LogP contribution in [0.4, 0.5) is 0 Å². The maximum absolute atomic E-state index is 10.3. The third-order valence-electron chi connectivity index (χ3n) is 1.78. The molecule has 0 spiro atoms. The molecule has 0 heterocycles. The van der Waals surface area contributed by atoms with E-state index in [1.54, 1.807) is 0 Å². The average Bonchev–Trinajstić information content (AvgIpc) is 2.48. The van der Waals surface area contributed by atoms with Crippen molar-refractivity contribution in [1.29, 1.82) is 0 Å². The summed E-state index contributed by atoms with van der Waals surface area (Å²) in [6.07, 6.45) is 2.08. The molecule has 1 saturated carbocycles. The molecule has 0 aromatic carbocycles. The standard InChI is InChI=1S/C5H11NO2S/c1-6-5(2-3-5)4-9(7)8/h6H,2-4H2,1H3,(H,7,8). The predicted molar refractivity (Wildman–Crippen MR) is 36.7 cm³/mol. The molecule has 54 valence electrons. The zero-order valence-corrected chi connectivity index (χ0v) is 6.20. The van der Waals surface area contributed by atoms with Gasteiger partial charge in [0.05, 0.1) is 5.75 Å². The fraction of sp³-hybridized carbons (Fsp3) is 1.00. The Kier molecular flexibility index (Phi) is 1.88.